The maximum absolute atomic E-state index is 12.1. The second-order valence-corrected chi connectivity index (χ2v) is 5.42. The molecule has 0 aromatic carbocycles. The summed E-state index contributed by atoms with van der Waals surface area (Å²) in [7, 11) is 0. The van der Waals surface area contributed by atoms with Gasteiger partial charge in [0.15, 0.2) is 0 Å². The first-order valence-corrected chi connectivity index (χ1v) is 6.71. The Hall–Kier alpha value is -0.620. The highest BCUT2D eigenvalue weighted by Crippen LogP contribution is 2.38. The molecule has 0 saturated carbocycles. The van der Waals surface area contributed by atoms with Crippen molar-refractivity contribution in [2.75, 3.05) is 19.8 Å². The fourth-order valence-electron chi connectivity index (χ4n) is 2.86. The standard InChI is InChI=1S/C13H19F3O3/c14-13(15,16)3-1-11(17)10-2-6-19-12(9-10)4-7-18-8-5-12/h10H,1-9H2. The molecule has 3 nitrogen and oxygen atoms in total. The van der Waals surface area contributed by atoms with Gasteiger partial charge in [0.25, 0.3) is 0 Å². The van der Waals surface area contributed by atoms with Crippen LogP contribution in [0.15, 0.2) is 0 Å². The third-order valence-corrected chi connectivity index (χ3v) is 4.01. The van der Waals surface area contributed by atoms with Gasteiger partial charge in [0, 0.05) is 32.2 Å². The van der Waals surface area contributed by atoms with E-state index in [0.717, 1.165) is 12.8 Å². The van der Waals surface area contributed by atoms with E-state index in [1.165, 1.54) is 0 Å². The Kier molecular flexibility index (Phi) is 4.50. The molecule has 19 heavy (non-hydrogen) atoms. The van der Waals surface area contributed by atoms with Crippen molar-refractivity contribution in [1.29, 1.82) is 0 Å². The van der Waals surface area contributed by atoms with E-state index in [0.29, 0.717) is 32.7 Å². The minimum absolute atomic E-state index is 0.272. The topological polar surface area (TPSA) is 35.5 Å². The van der Waals surface area contributed by atoms with Gasteiger partial charge in [0.1, 0.15) is 5.78 Å². The predicted molar refractivity (Wildman–Crippen MR) is 61.8 cm³/mol. The molecule has 2 aliphatic heterocycles. The summed E-state index contributed by atoms with van der Waals surface area (Å²) in [5.74, 6) is -0.555. The molecule has 2 fully saturated rings. The van der Waals surface area contributed by atoms with Crippen molar-refractivity contribution in [3.63, 3.8) is 0 Å². The number of ketones is 1. The molecule has 1 atom stereocenters. The lowest BCUT2D eigenvalue weighted by atomic mass is 9.78. The lowest BCUT2D eigenvalue weighted by Gasteiger charge is -2.43. The molecule has 2 saturated heterocycles. The molecule has 1 spiro atoms. The van der Waals surface area contributed by atoms with Crippen molar-refractivity contribution in [3.8, 4) is 0 Å². The van der Waals surface area contributed by atoms with Gasteiger partial charge >= 0.3 is 6.18 Å². The molecule has 0 aromatic rings. The van der Waals surface area contributed by atoms with Crippen molar-refractivity contribution in [3.05, 3.63) is 0 Å². The van der Waals surface area contributed by atoms with Gasteiger partial charge in [-0.1, -0.05) is 0 Å². The van der Waals surface area contributed by atoms with E-state index in [9.17, 15) is 18.0 Å². The number of alkyl halides is 3. The van der Waals surface area contributed by atoms with Crippen LogP contribution in [0.1, 0.15) is 38.5 Å². The average Bonchev–Trinajstić information content (AvgIpc) is 2.36. The number of carbonyl (C=O) groups excluding carboxylic acids is 1. The van der Waals surface area contributed by atoms with Gasteiger partial charge in [0.2, 0.25) is 0 Å². The van der Waals surface area contributed by atoms with Gasteiger partial charge in [-0.15, -0.1) is 0 Å². The molecule has 2 heterocycles. The van der Waals surface area contributed by atoms with E-state index in [4.69, 9.17) is 9.47 Å². The molecule has 0 bridgehead atoms. The summed E-state index contributed by atoms with van der Waals surface area (Å²) in [4.78, 5) is 11.9. The number of carbonyl (C=O) groups is 1. The van der Waals surface area contributed by atoms with Gasteiger partial charge in [-0.2, -0.15) is 13.2 Å². The summed E-state index contributed by atoms with van der Waals surface area (Å²) < 4.78 is 47.5. The third-order valence-electron chi connectivity index (χ3n) is 4.01. The van der Waals surface area contributed by atoms with E-state index in [-0.39, 0.29) is 17.3 Å². The molecule has 110 valence electrons. The van der Waals surface area contributed by atoms with E-state index >= 15 is 0 Å². The van der Waals surface area contributed by atoms with Crippen LogP contribution in [0.3, 0.4) is 0 Å². The number of halogens is 3. The van der Waals surface area contributed by atoms with Crippen molar-refractivity contribution in [2.45, 2.75) is 50.3 Å². The van der Waals surface area contributed by atoms with Crippen LogP contribution < -0.4 is 0 Å². The molecule has 0 aromatic heterocycles. The van der Waals surface area contributed by atoms with Gasteiger partial charge in [-0.3, -0.25) is 4.79 Å². The summed E-state index contributed by atoms with van der Waals surface area (Å²) in [5.41, 5.74) is -0.338. The van der Waals surface area contributed by atoms with Crippen molar-refractivity contribution < 1.29 is 27.4 Å². The van der Waals surface area contributed by atoms with Gasteiger partial charge in [-0.25, -0.2) is 0 Å². The zero-order valence-electron chi connectivity index (χ0n) is 10.8. The molecule has 2 rings (SSSR count). The maximum Gasteiger partial charge on any atom is 0.389 e. The van der Waals surface area contributed by atoms with Crippen molar-refractivity contribution in [1.82, 2.24) is 0 Å². The average molecular weight is 280 g/mol. The van der Waals surface area contributed by atoms with Crippen LogP contribution in [0.25, 0.3) is 0 Å². The zero-order chi connectivity index (χ0) is 13.9. The van der Waals surface area contributed by atoms with Crippen LogP contribution in [0.5, 0.6) is 0 Å². The number of ether oxygens (including phenoxy) is 2. The van der Waals surface area contributed by atoms with Crippen molar-refractivity contribution >= 4 is 5.78 Å². The van der Waals surface area contributed by atoms with E-state index in [2.05, 4.69) is 0 Å². The Morgan fingerprint density at radius 1 is 1.21 bits per heavy atom. The van der Waals surface area contributed by atoms with Crippen LogP contribution in [-0.4, -0.2) is 37.4 Å². The Morgan fingerprint density at radius 3 is 2.53 bits per heavy atom. The first kappa shape index (κ1) is 14.8. The van der Waals surface area contributed by atoms with E-state index < -0.39 is 19.0 Å². The highest BCUT2D eigenvalue weighted by atomic mass is 19.4. The minimum atomic E-state index is -4.25. The quantitative estimate of drug-likeness (QED) is 0.797. The number of hydrogen-bond acceptors (Lipinski definition) is 3. The third kappa shape index (κ3) is 4.18. The molecule has 1 unspecified atom stereocenters. The van der Waals surface area contributed by atoms with Gasteiger partial charge < -0.3 is 9.47 Å². The highest BCUT2D eigenvalue weighted by molar-refractivity contribution is 5.81. The number of rotatable bonds is 3. The van der Waals surface area contributed by atoms with Crippen LogP contribution >= 0.6 is 0 Å². The lowest BCUT2D eigenvalue weighted by molar-refractivity contribution is -0.161. The molecule has 0 amide bonds. The second-order valence-electron chi connectivity index (χ2n) is 5.42. The molecule has 2 aliphatic rings. The van der Waals surface area contributed by atoms with Crippen LogP contribution in [0, 0.1) is 5.92 Å². The SMILES string of the molecule is O=C(CCC(F)(F)F)C1CCOC2(CCOCC2)C1. The Labute approximate surface area is 110 Å². The Morgan fingerprint density at radius 2 is 1.89 bits per heavy atom. The smallest absolute Gasteiger partial charge is 0.381 e. The Balaban J connectivity index is 1.88. The Bertz CT molecular complexity index is 316. The van der Waals surface area contributed by atoms with E-state index in [1.807, 2.05) is 0 Å². The van der Waals surface area contributed by atoms with Gasteiger partial charge in [0.05, 0.1) is 12.0 Å². The second kappa shape index (κ2) is 5.79. The summed E-state index contributed by atoms with van der Waals surface area (Å²) >= 11 is 0. The highest BCUT2D eigenvalue weighted by Gasteiger charge is 2.41. The van der Waals surface area contributed by atoms with Gasteiger partial charge in [-0.05, 0) is 25.7 Å². The van der Waals surface area contributed by atoms with Crippen molar-refractivity contribution in [2.24, 2.45) is 5.92 Å². The number of Topliss-reactive ketones (excluding diaryl/α,β-unsaturated/α-hetero) is 1. The lowest BCUT2D eigenvalue weighted by Crippen LogP contribution is -2.46. The summed E-state index contributed by atoms with van der Waals surface area (Å²) in [6, 6.07) is 0. The fourth-order valence-corrected chi connectivity index (χ4v) is 2.86. The predicted octanol–water partition coefficient (Wildman–Crippen LogP) is 2.87. The summed E-state index contributed by atoms with van der Waals surface area (Å²) in [6.07, 6.45) is -3.12. The van der Waals surface area contributed by atoms with Crippen LogP contribution in [0.4, 0.5) is 13.2 Å². The minimum Gasteiger partial charge on any atom is -0.381 e. The molecular weight excluding hydrogens is 261 g/mol. The first-order chi connectivity index (χ1) is 8.90. The fraction of sp³-hybridized carbons (Fsp3) is 0.923. The van der Waals surface area contributed by atoms with Crippen LogP contribution in [0.2, 0.25) is 0 Å². The summed E-state index contributed by atoms with van der Waals surface area (Å²) in [5, 5.41) is 0. The van der Waals surface area contributed by atoms with Crippen LogP contribution in [-0.2, 0) is 14.3 Å². The number of hydrogen-bond donors (Lipinski definition) is 0. The molecule has 6 heteroatoms. The monoisotopic (exact) mass is 280 g/mol. The summed E-state index contributed by atoms with van der Waals surface area (Å²) in [6.45, 7) is 1.66. The maximum atomic E-state index is 12.1. The molecule has 0 aliphatic carbocycles. The molecule has 0 N–H and O–H groups in total. The zero-order valence-corrected chi connectivity index (χ0v) is 10.8. The largest absolute Gasteiger partial charge is 0.389 e. The van der Waals surface area contributed by atoms with E-state index in [1.54, 1.807) is 0 Å². The molecular formula is C13H19F3O3. The molecule has 0 radical (unpaired) electrons. The first-order valence-electron chi connectivity index (χ1n) is 6.71. The normalized spacial score (nSPS) is 27.4.